The molecule has 2 rings (SSSR count). The summed E-state index contributed by atoms with van der Waals surface area (Å²) in [7, 11) is 0. The van der Waals surface area contributed by atoms with Crippen LogP contribution in [0.3, 0.4) is 0 Å². The molecular weight excluding hydrogens is 378 g/mol. The quantitative estimate of drug-likeness (QED) is 0.548. The number of amides is 1. The number of carbonyl (C=O) groups excluding carboxylic acids is 2. The number of hydrogen-bond donors (Lipinski definition) is 2. The number of rotatable bonds is 7. The molecule has 0 aliphatic heterocycles. The van der Waals surface area contributed by atoms with Gasteiger partial charge in [-0.05, 0) is 35.9 Å². The third-order valence-electron chi connectivity index (χ3n) is 3.17. The van der Waals surface area contributed by atoms with E-state index in [9.17, 15) is 19.5 Å². The van der Waals surface area contributed by atoms with Crippen LogP contribution in [0.1, 0.15) is 22.8 Å². The van der Waals surface area contributed by atoms with Crippen LogP contribution < -0.4 is 10.1 Å². The number of nitrogens with one attached hydrogen (secondary N) is 1. The number of carboxylic acid groups (broad SMARTS) is 1. The number of benzene rings is 2. The molecule has 2 aromatic carbocycles. The maximum atomic E-state index is 12.1. The molecule has 136 valence electrons. The second kappa shape index (κ2) is 9.26. The van der Waals surface area contributed by atoms with E-state index in [0.29, 0.717) is 10.8 Å². The molecular formula is C18H16ClNO5S. The fourth-order valence-corrected chi connectivity index (χ4v) is 2.98. The molecule has 0 saturated carbocycles. The van der Waals surface area contributed by atoms with E-state index in [2.05, 4.69) is 5.32 Å². The maximum Gasteiger partial charge on any atom is 0.337 e. The average molecular weight is 394 g/mol. The molecule has 8 heteroatoms. The lowest BCUT2D eigenvalue weighted by Gasteiger charge is -2.10. The first-order valence-electron chi connectivity index (χ1n) is 7.53. The van der Waals surface area contributed by atoms with Gasteiger partial charge >= 0.3 is 11.9 Å². The van der Waals surface area contributed by atoms with Crippen LogP contribution in [-0.2, 0) is 15.3 Å². The van der Waals surface area contributed by atoms with Crippen LogP contribution in [0.2, 0.25) is 5.02 Å². The summed E-state index contributed by atoms with van der Waals surface area (Å²) in [6.07, 6.45) is 0. The molecule has 0 unspecified atom stereocenters. The fourth-order valence-electron chi connectivity index (χ4n) is 2.07. The number of carbonyl (C=O) groups is 3. The van der Waals surface area contributed by atoms with Gasteiger partial charge in [-0.1, -0.05) is 23.7 Å². The van der Waals surface area contributed by atoms with Crippen molar-refractivity contribution in [1.82, 2.24) is 0 Å². The largest absolute Gasteiger partial charge is 0.478 e. The third kappa shape index (κ3) is 6.09. The van der Waals surface area contributed by atoms with Crippen molar-refractivity contribution in [2.24, 2.45) is 0 Å². The third-order valence-corrected chi connectivity index (χ3v) is 4.43. The number of thioether (sulfide) groups is 1. The van der Waals surface area contributed by atoms with Crippen molar-refractivity contribution in [3.8, 4) is 5.75 Å². The van der Waals surface area contributed by atoms with Crippen LogP contribution in [0.15, 0.2) is 42.5 Å². The van der Waals surface area contributed by atoms with E-state index in [1.54, 1.807) is 12.1 Å². The molecule has 0 aliphatic carbocycles. The molecule has 0 aromatic heterocycles. The minimum atomic E-state index is -1.23. The standard InChI is InChI=1S/C18H16ClNO5S/c1-11(21)25-14-6-7-16(15(8-14)18(23)24)20-17(22)10-26-9-12-2-4-13(19)5-3-12/h2-8H,9-10H2,1H3,(H,20,22)(H,23,24). The van der Waals surface area contributed by atoms with Gasteiger partial charge < -0.3 is 15.2 Å². The molecule has 1 amide bonds. The molecule has 2 aromatic rings. The molecule has 0 aliphatic rings. The van der Waals surface area contributed by atoms with Gasteiger partial charge in [-0.2, -0.15) is 0 Å². The lowest BCUT2D eigenvalue weighted by molar-refractivity contribution is -0.131. The van der Waals surface area contributed by atoms with Gasteiger partial charge in [0.15, 0.2) is 0 Å². The molecule has 2 N–H and O–H groups in total. The van der Waals surface area contributed by atoms with Gasteiger partial charge in [-0.25, -0.2) is 4.79 Å². The monoisotopic (exact) mass is 393 g/mol. The highest BCUT2D eigenvalue weighted by molar-refractivity contribution is 7.99. The van der Waals surface area contributed by atoms with E-state index in [0.717, 1.165) is 5.56 Å². The van der Waals surface area contributed by atoms with Crippen LogP contribution in [0, 0.1) is 0 Å². The van der Waals surface area contributed by atoms with Crippen molar-refractivity contribution < 1.29 is 24.2 Å². The van der Waals surface area contributed by atoms with E-state index < -0.39 is 11.9 Å². The number of aromatic carboxylic acids is 1. The molecule has 0 heterocycles. The predicted molar refractivity (Wildman–Crippen MR) is 101 cm³/mol. The summed E-state index contributed by atoms with van der Waals surface area (Å²) in [6.45, 7) is 1.22. The minimum Gasteiger partial charge on any atom is -0.478 e. The molecule has 0 fully saturated rings. The van der Waals surface area contributed by atoms with Crippen LogP contribution in [-0.4, -0.2) is 28.7 Å². The van der Waals surface area contributed by atoms with Gasteiger partial charge in [0.1, 0.15) is 5.75 Å². The number of hydrogen-bond acceptors (Lipinski definition) is 5. The summed E-state index contributed by atoms with van der Waals surface area (Å²) < 4.78 is 4.86. The van der Waals surface area contributed by atoms with Gasteiger partial charge in [0.25, 0.3) is 0 Å². The summed E-state index contributed by atoms with van der Waals surface area (Å²) in [5.74, 6) is -1.23. The number of esters is 1. The molecule has 0 spiro atoms. The Morgan fingerprint density at radius 1 is 1.15 bits per heavy atom. The average Bonchev–Trinajstić information content (AvgIpc) is 2.57. The number of anilines is 1. The van der Waals surface area contributed by atoms with Gasteiger partial charge in [-0.3, -0.25) is 9.59 Å². The Hall–Kier alpha value is -2.51. The molecule has 0 atom stereocenters. The van der Waals surface area contributed by atoms with Crippen molar-refractivity contribution in [3.63, 3.8) is 0 Å². The first-order valence-corrected chi connectivity index (χ1v) is 9.06. The normalized spacial score (nSPS) is 10.2. The second-order valence-corrected chi connectivity index (χ2v) is 6.70. The Labute approximate surface area is 159 Å². The smallest absolute Gasteiger partial charge is 0.337 e. The molecule has 26 heavy (non-hydrogen) atoms. The van der Waals surface area contributed by atoms with Crippen molar-refractivity contribution in [3.05, 3.63) is 58.6 Å². The lowest BCUT2D eigenvalue weighted by Crippen LogP contribution is -2.17. The van der Waals surface area contributed by atoms with E-state index in [1.807, 2.05) is 12.1 Å². The van der Waals surface area contributed by atoms with Crippen molar-refractivity contribution >= 4 is 46.9 Å². The predicted octanol–water partition coefficient (Wildman–Crippen LogP) is 3.84. The summed E-state index contributed by atoms with van der Waals surface area (Å²) >= 11 is 7.21. The van der Waals surface area contributed by atoms with Gasteiger partial charge in [0.2, 0.25) is 5.91 Å². The van der Waals surface area contributed by atoms with Crippen molar-refractivity contribution in [2.45, 2.75) is 12.7 Å². The maximum absolute atomic E-state index is 12.1. The van der Waals surface area contributed by atoms with E-state index in [4.69, 9.17) is 16.3 Å². The first kappa shape index (κ1) is 19.8. The summed E-state index contributed by atoms with van der Waals surface area (Å²) in [5.41, 5.74) is 1.02. The first-order chi connectivity index (χ1) is 12.3. The Morgan fingerprint density at radius 3 is 2.46 bits per heavy atom. The Bertz CT molecular complexity index is 823. The zero-order valence-corrected chi connectivity index (χ0v) is 15.4. The fraction of sp³-hybridized carbons (Fsp3) is 0.167. The molecule has 0 radical (unpaired) electrons. The summed E-state index contributed by atoms with van der Waals surface area (Å²) in [6, 6.07) is 11.3. The Kier molecular flexibility index (Phi) is 7.06. The zero-order chi connectivity index (χ0) is 19.1. The highest BCUT2D eigenvalue weighted by Gasteiger charge is 2.15. The van der Waals surface area contributed by atoms with Crippen molar-refractivity contribution in [2.75, 3.05) is 11.1 Å². The van der Waals surface area contributed by atoms with E-state index >= 15 is 0 Å². The second-order valence-electron chi connectivity index (χ2n) is 5.27. The Morgan fingerprint density at radius 2 is 1.85 bits per heavy atom. The van der Waals surface area contributed by atoms with Gasteiger partial charge in [-0.15, -0.1) is 11.8 Å². The highest BCUT2D eigenvalue weighted by Crippen LogP contribution is 2.23. The topological polar surface area (TPSA) is 92.7 Å². The zero-order valence-electron chi connectivity index (χ0n) is 13.8. The van der Waals surface area contributed by atoms with Gasteiger partial charge in [0.05, 0.1) is 17.0 Å². The minimum absolute atomic E-state index is 0.102. The number of halogens is 1. The molecule has 0 bridgehead atoms. The van der Waals surface area contributed by atoms with Gasteiger partial charge in [0, 0.05) is 17.7 Å². The van der Waals surface area contributed by atoms with E-state index in [-0.39, 0.29) is 28.7 Å². The summed E-state index contributed by atoms with van der Waals surface area (Å²) in [4.78, 5) is 34.4. The lowest BCUT2D eigenvalue weighted by atomic mass is 10.1. The van der Waals surface area contributed by atoms with Crippen LogP contribution in [0.5, 0.6) is 5.75 Å². The number of carboxylic acids is 1. The SMILES string of the molecule is CC(=O)Oc1ccc(NC(=O)CSCc2ccc(Cl)cc2)c(C(=O)O)c1. The summed E-state index contributed by atoms with van der Waals surface area (Å²) in [5, 5.41) is 12.5. The Balaban J connectivity index is 1.95. The molecule has 6 nitrogen and oxygen atoms in total. The van der Waals surface area contributed by atoms with E-state index in [1.165, 1.54) is 36.9 Å². The number of ether oxygens (including phenoxy) is 1. The van der Waals surface area contributed by atoms with Crippen LogP contribution in [0.25, 0.3) is 0 Å². The highest BCUT2D eigenvalue weighted by atomic mass is 35.5. The van der Waals surface area contributed by atoms with Crippen LogP contribution >= 0.6 is 23.4 Å². The van der Waals surface area contributed by atoms with Crippen LogP contribution in [0.4, 0.5) is 5.69 Å². The van der Waals surface area contributed by atoms with Crippen molar-refractivity contribution in [1.29, 1.82) is 0 Å². The molecule has 0 saturated heterocycles.